The molecule has 0 amide bonds. The van der Waals surface area contributed by atoms with E-state index in [9.17, 15) is 9.59 Å². The normalized spacial score (nSPS) is 14.4. The highest BCUT2D eigenvalue weighted by Crippen LogP contribution is 2.13. The van der Waals surface area contributed by atoms with E-state index in [0.717, 1.165) is 25.7 Å². The van der Waals surface area contributed by atoms with Gasteiger partial charge in [0.2, 0.25) is 0 Å². The molecule has 1 unspecified atom stereocenters. The summed E-state index contributed by atoms with van der Waals surface area (Å²) in [6.45, 7) is 2.17. The van der Waals surface area contributed by atoms with Crippen LogP contribution in [0.1, 0.15) is 39.0 Å². The van der Waals surface area contributed by atoms with Crippen LogP contribution >= 0.6 is 0 Å². The van der Waals surface area contributed by atoms with E-state index in [1.54, 1.807) is 0 Å². The van der Waals surface area contributed by atoms with Gasteiger partial charge in [0.15, 0.2) is 5.78 Å². The fraction of sp³-hybridized carbons (Fsp3) is 0.818. The van der Waals surface area contributed by atoms with Crippen LogP contribution in [-0.4, -0.2) is 29.4 Å². The summed E-state index contributed by atoms with van der Waals surface area (Å²) < 4.78 is 0. The van der Waals surface area contributed by atoms with Gasteiger partial charge >= 0.3 is 5.97 Å². The van der Waals surface area contributed by atoms with Crippen LogP contribution in [0.15, 0.2) is 0 Å². The molecule has 0 aromatic carbocycles. The Morgan fingerprint density at radius 1 is 1.19 bits per heavy atom. The lowest BCUT2D eigenvalue weighted by Crippen LogP contribution is -2.36. The molecule has 2 atom stereocenters. The fourth-order valence-electron chi connectivity index (χ4n) is 1.55. The van der Waals surface area contributed by atoms with Gasteiger partial charge in [-0.25, -0.2) is 0 Å². The van der Waals surface area contributed by atoms with Gasteiger partial charge in [-0.15, -0.1) is 0 Å². The van der Waals surface area contributed by atoms with E-state index in [0.29, 0.717) is 13.0 Å². The fourth-order valence-corrected chi connectivity index (χ4v) is 1.55. The molecule has 0 rings (SSSR count). The standard InChI is InChI=1S/C11H22N2O3/c1-8(13)10(14)9(11(15)16)6-4-2-3-5-7-12/h8-9H,2-7,12-13H2,1H3,(H,15,16)/t8-,9?/m0/s1. The minimum absolute atomic E-state index is 0.375. The lowest BCUT2D eigenvalue weighted by Gasteiger charge is -2.13. The summed E-state index contributed by atoms with van der Waals surface area (Å²) >= 11 is 0. The first kappa shape index (κ1) is 15.1. The summed E-state index contributed by atoms with van der Waals surface area (Å²) in [5.74, 6) is -2.40. The van der Waals surface area contributed by atoms with Crippen molar-refractivity contribution >= 4 is 11.8 Å². The molecule has 0 saturated heterocycles. The van der Waals surface area contributed by atoms with Gasteiger partial charge in [0.1, 0.15) is 5.92 Å². The van der Waals surface area contributed by atoms with Crippen LogP contribution < -0.4 is 11.5 Å². The Labute approximate surface area is 96.2 Å². The van der Waals surface area contributed by atoms with Crippen molar-refractivity contribution in [2.45, 2.75) is 45.1 Å². The van der Waals surface area contributed by atoms with Crippen LogP contribution in [0.5, 0.6) is 0 Å². The van der Waals surface area contributed by atoms with Gasteiger partial charge < -0.3 is 16.6 Å². The van der Waals surface area contributed by atoms with Crippen LogP contribution in [0.25, 0.3) is 0 Å². The van der Waals surface area contributed by atoms with Crippen molar-refractivity contribution in [2.75, 3.05) is 6.54 Å². The zero-order valence-electron chi connectivity index (χ0n) is 9.82. The smallest absolute Gasteiger partial charge is 0.314 e. The summed E-state index contributed by atoms with van der Waals surface area (Å²) in [7, 11) is 0. The number of ketones is 1. The zero-order valence-corrected chi connectivity index (χ0v) is 9.82. The van der Waals surface area contributed by atoms with Crippen LogP contribution in [0.4, 0.5) is 0 Å². The maximum Gasteiger partial charge on any atom is 0.314 e. The maximum atomic E-state index is 11.5. The summed E-state index contributed by atoms with van der Waals surface area (Å²) in [6, 6.07) is -0.704. The first-order valence-corrected chi connectivity index (χ1v) is 5.73. The molecule has 0 aromatic rings. The summed E-state index contributed by atoms with van der Waals surface area (Å²) in [5, 5.41) is 8.90. The summed E-state index contributed by atoms with van der Waals surface area (Å²) in [6.07, 6.45) is 3.94. The lowest BCUT2D eigenvalue weighted by atomic mass is 9.93. The second-order valence-corrected chi connectivity index (χ2v) is 4.07. The number of carbonyl (C=O) groups is 2. The third kappa shape index (κ3) is 5.82. The molecule has 5 N–H and O–H groups in total. The van der Waals surface area contributed by atoms with Crippen LogP contribution in [-0.2, 0) is 9.59 Å². The molecule has 0 fully saturated rings. The maximum absolute atomic E-state index is 11.5. The molecule has 16 heavy (non-hydrogen) atoms. The monoisotopic (exact) mass is 230 g/mol. The molecule has 0 aliphatic carbocycles. The van der Waals surface area contributed by atoms with Gasteiger partial charge in [-0.05, 0) is 26.3 Å². The Balaban J connectivity index is 3.96. The number of carboxylic acid groups (broad SMARTS) is 1. The van der Waals surface area contributed by atoms with E-state index >= 15 is 0 Å². The van der Waals surface area contributed by atoms with E-state index < -0.39 is 17.9 Å². The lowest BCUT2D eigenvalue weighted by molar-refractivity contribution is -0.146. The Bertz CT molecular complexity index is 229. The number of aliphatic carboxylic acids is 1. The Morgan fingerprint density at radius 3 is 2.19 bits per heavy atom. The molecule has 0 aromatic heterocycles. The summed E-state index contributed by atoms with van der Waals surface area (Å²) in [5.41, 5.74) is 10.7. The van der Waals surface area contributed by atoms with Gasteiger partial charge in [-0.3, -0.25) is 9.59 Å². The van der Waals surface area contributed by atoms with Crippen LogP contribution in [0, 0.1) is 5.92 Å². The molecule has 0 saturated carbocycles. The highest BCUT2D eigenvalue weighted by atomic mass is 16.4. The molecule has 5 nitrogen and oxygen atoms in total. The third-order valence-corrected chi connectivity index (χ3v) is 2.54. The van der Waals surface area contributed by atoms with Gasteiger partial charge in [0, 0.05) is 0 Å². The highest BCUT2D eigenvalue weighted by Gasteiger charge is 2.27. The second-order valence-electron chi connectivity index (χ2n) is 4.07. The number of hydrogen-bond donors (Lipinski definition) is 3. The number of unbranched alkanes of at least 4 members (excludes halogenated alkanes) is 3. The molecular formula is C11H22N2O3. The molecule has 0 bridgehead atoms. The minimum atomic E-state index is -1.07. The first-order valence-electron chi connectivity index (χ1n) is 5.73. The second kappa shape index (κ2) is 8.24. The van der Waals surface area contributed by atoms with Gasteiger partial charge in [0.25, 0.3) is 0 Å². The topological polar surface area (TPSA) is 106 Å². The van der Waals surface area contributed by atoms with E-state index in [-0.39, 0.29) is 5.78 Å². The Kier molecular flexibility index (Phi) is 7.76. The predicted molar refractivity (Wildman–Crippen MR) is 61.9 cm³/mol. The van der Waals surface area contributed by atoms with Crippen molar-refractivity contribution in [3.05, 3.63) is 0 Å². The van der Waals surface area contributed by atoms with E-state index in [2.05, 4.69) is 0 Å². The first-order chi connectivity index (χ1) is 7.50. The SMILES string of the molecule is C[C@H](N)C(=O)C(CCCCCCN)C(=O)O. The van der Waals surface area contributed by atoms with E-state index in [1.165, 1.54) is 6.92 Å². The number of rotatable bonds is 9. The number of carboxylic acids is 1. The number of hydrogen-bond acceptors (Lipinski definition) is 4. The predicted octanol–water partition coefficient (Wildman–Crippen LogP) is 0.513. The third-order valence-electron chi connectivity index (χ3n) is 2.54. The number of Topliss-reactive ketones (excluding diaryl/α,β-unsaturated/α-hetero) is 1. The Morgan fingerprint density at radius 2 is 1.75 bits per heavy atom. The molecule has 0 radical (unpaired) electrons. The Hall–Kier alpha value is -0.940. The molecule has 5 heteroatoms. The average Bonchev–Trinajstić information content (AvgIpc) is 2.21. The molecule has 0 heterocycles. The largest absolute Gasteiger partial charge is 0.481 e. The van der Waals surface area contributed by atoms with Crippen molar-refractivity contribution in [1.82, 2.24) is 0 Å². The molecule has 0 aliphatic heterocycles. The van der Waals surface area contributed by atoms with Crippen molar-refractivity contribution < 1.29 is 14.7 Å². The highest BCUT2D eigenvalue weighted by molar-refractivity contribution is 6.00. The van der Waals surface area contributed by atoms with Crippen molar-refractivity contribution in [1.29, 1.82) is 0 Å². The van der Waals surface area contributed by atoms with E-state index in [1.807, 2.05) is 0 Å². The number of nitrogens with two attached hydrogens (primary N) is 2. The van der Waals surface area contributed by atoms with Crippen molar-refractivity contribution in [3.8, 4) is 0 Å². The van der Waals surface area contributed by atoms with Gasteiger partial charge in [-0.2, -0.15) is 0 Å². The average molecular weight is 230 g/mol. The van der Waals surface area contributed by atoms with Gasteiger partial charge in [-0.1, -0.05) is 19.3 Å². The molecular weight excluding hydrogens is 208 g/mol. The van der Waals surface area contributed by atoms with Crippen molar-refractivity contribution in [2.24, 2.45) is 17.4 Å². The van der Waals surface area contributed by atoms with Gasteiger partial charge in [0.05, 0.1) is 6.04 Å². The van der Waals surface area contributed by atoms with Crippen molar-refractivity contribution in [3.63, 3.8) is 0 Å². The minimum Gasteiger partial charge on any atom is -0.481 e. The molecule has 94 valence electrons. The quantitative estimate of drug-likeness (QED) is 0.395. The van der Waals surface area contributed by atoms with Crippen LogP contribution in [0.3, 0.4) is 0 Å². The molecule has 0 aliphatic rings. The molecule has 0 spiro atoms. The van der Waals surface area contributed by atoms with Crippen LogP contribution in [0.2, 0.25) is 0 Å². The zero-order chi connectivity index (χ0) is 12.6. The van der Waals surface area contributed by atoms with E-state index in [4.69, 9.17) is 16.6 Å². The summed E-state index contributed by atoms with van der Waals surface area (Å²) in [4.78, 5) is 22.3. The number of carbonyl (C=O) groups excluding carboxylic acids is 1.